The summed E-state index contributed by atoms with van der Waals surface area (Å²) in [6.45, 7) is 2.28. The Labute approximate surface area is 154 Å². The number of hydrogen-bond acceptors (Lipinski definition) is 5. The van der Waals surface area contributed by atoms with Gasteiger partial charge in [0.15, 0.2) is 5.76 Å². The van der Waals surface area contributed by atoms with Crippen molar-refractivity contribution in [3.8, 4) is 17.1 Å². The number of rotatable bonds is 5. The van der Waals surface area contributed by atoms with E-state index in [1.165, 1.54) is 0 Å². The molecule has 7 heteroatoms. The summed E-state index contributed by atoms with van der Waals surface area (Å²) >= 11 is 1.58. The summed E-state index contributed by atoms with van der Waals surface area (Å²) in [6.07, 6.45) is 3.57. The lowest BCUT2D eigenvalue weighted by Gasteiger charge is -2.05. The van der Waals surface area contributed by atoms with E-state index in [1.807, 2.05) is 48.8 Å². The van der Waals surface area contributed by atoms with Crippen LogP contribution in [-0.4, -0.2) is 20.7 Å². The molecule has 0 bridgehead atoms. The van der Waals surface area contributed by atoms with Gasteiger partial charge in [-0.25, -0.2) is 9.67 Å². The van der Waals surface area contributed by atoms with Gasteiger partial charge < -0.3 is 9.73 Å². The molecule has 0 aliphatic carbocycles. The molecule has 0 saturated carbocycles. The molecule has 26 heavy (non-hydrogen) atoms. The topological polar surface area (TPSA) is 73.0 Å². The zero-order valence-corrected chi connectivity index (χ0v) is 14.9. The number of nitrogens with zero attached hydrogens (tertiary/aromatic N) is 3. The van der Waals surface area contributed by atoms with Gasteiger partial charge in [0.05, 0.1) is 17.2 Å². The van der Waals surface area contributed by atoms with Crippen LogP contribution in [0.5, 0.6) is 0 Å². The van der Waals surface area contributed by atoms with Crippen LogP contribution in [0.15, 0.2) is 64.7 Å². The Hall–Kier alpha value is -3.19. The first-order chi connectivity index (χ1) is 12.7. The van der Waals surface area contributed by atoms with Crippen LogP contribution in [-0.2, 0) is 6.54 Å². The molecule has 1 N–H and O–H groups in total. The van der Waals surface area contributed by atoms with Gasteiger partial charge in [-0.05, 0) is 49.4 Å². The Kier molecular flexibility index (Phi) is 4.37. The van der Waals surface area contributed by atoms with Gasteiger partial charge in [0, 0.05) is 23.3 Å². The number of aromatic nitrogens is 3. The predicted molar refractivity (Wildman–Crippen MR) is 99.3 cm³/mol. The molecule has 0 aliphatic rings. The second-order valence-electron chi connectivity index (χ2n) is 5.70. The molecule has 3 heterocycles. The number of amides is 1. The molecule has 4 aromatic rings. The van der Waals surface area contributed by atoms with Crippen LogP contribution in [0.25, 0.3) is 17.1 Å². The highest BCUT2D eigenvalue weighted by Crippen LogP contribution is 2.23. The van der Waals surface area contributed by atoms with E-state index >= 15 is 0 Å². The Morgan fingerprint density at radius 3 is 2.77 bits per heavy atom. The van der Waals surface area contributed by atoms with E-state index in [2.05, 4.69) is 15.4 Å². The minimum Gasteiger partial charge on any atom is -0.458 e. The fourth-order valence-corrected chi connectivity index (χ4v) is 3.15. The second-order valence-corrected chi connectivity index (χ2v) is 6.76. The Bertz CT molecular complexity index is 1020. The first-order valence-electron chi connectivity index (χ1n) is 8.08. The molecule has 3 aromatic heterocycles. The minimum atomic E-state index is -0.153. The fourth-order valence-electron chi connectivity index (χ4n) is 2.54. The van der Waals surface area contributed by atoms with Gasteiger partial charge in [-0.2, -0.15) is 5.10 Å². The number of furan rings is 1. The van der Waals surface area contributed by atoms with Gasteiger partial charge in [-0.3, -0.25) is 4.79 Å². The SMILES string of the molecule is Cc1nc(-c2ccc(CNC(=O)c3ccc(-n4cccn4)cc3)o2)cs1. The van der Waals surface area contributed by atoms with Crippen molar-refractivity contribution >= 4 is 17.2 Å². The highest BCUT2D eigenvalue weighted by molar-refractivity contribution is 7.09. The molecule has 1 amide bonds. The zero-order valence-electron chi connectivity index (χ0n) is 14.0. The highest BCUT2D eigenvalue weighted by atomic mass is 32.1. The molecule has 0 aliphatic heterocycles. The average molecular weight is 364 g/mol. The Morgan fingerprint density at radius 2 is 2.08 bits per heavy atom. The first-order valence-corrected chi connectivity index (χ1v) is 8.96. The van der Waals surface area contributed by atoms with Crippen molar-refractivity contribution in [1.82, 2.24) is 20.1 Å². The molecular formula is C19H16N4O2S. The van der Waals surface area contributed by atoms with Crippen LogP contribution < -0.4 is 5.32 Å². The summed E-state index contributed by atoms with van der Waals surface area (Å²) < 4.78 is 7.50. The first kappa shape index (κ1) is 16.3. The van der Waals surface area contributed by atoms with Crippen LogP contribution in [0, 0.1) is 6.92 Å². The molecular weight excluding hydrogens is 348 g/mol. The maximum Gasteiger partial charge on any atom is 0.251 e. The van der Waals surface area contributed by atoms with E-state index in [4.69, 9.17) is 4.42 Å². The third-order valence-electron chi connectivity index (χ3n) is 3.85. The molecule has 130 valence electrons. The van der Waals surface area contributed by atoms with Crippen molar-refractivity contribution in [3.05, 3.63) is 76.6 Å². The van der Waals surface area contributed by atoms with Gasteiger partial charge in [0.1, 0.15) is 11.5 Å². The maximum atomic E-state index is 12.3. The predicted octanol–water partition coefficient (Wildman–Crippen LogP) is 3.83. The molecule has 6 nitrogen and oxygen atoms in total. The Morgan fingerprint density at radius 1 is 1.23 bits per heavy atom. The lowest BCUT2D eigenvalue weighted by molar-refractivity contribution is 0.0948. The van der Waals surface area contributed by atoms with E-state index in [9.17, 15) is 4.79 Å². The summed E-state index contributed by atoms with van der Waals surface area (Å²) in [5, 5.41) is 9.98. The van der Waals surface area contributed by atoms with Crippen molar-refractivity contribution in [2.24, 2.45) is 0 Å². The number of hydrogen-bond donors (Lipinski definition) is 1. The van der Waals surface area contributed by atoms with Gasteiger partial charge >= 0.3 is 0 Å². The van der Waals surface area contributed by atoms with Crippen LogP contribution in [0.4, 0.5) is 0 Å². The molecule has 0 radical (unpaired) electrons. The van der Waals surface area contributed by atoms with Crippen molar-refractivity contribution < 1.29 is 9.21 Å². The van der Waals surface area contributed by atoms with E-state index in [-0.39, 0.29) is 5.91 Å². The van der Waals surface area contributed by atoms with Crippen LogP contribution >= 0.6 is 11.3 Å². The van der Waals surface area contributed by atoms with Crippen molar-refractivity contribution in [2.45, 2.75) is 13.5 Å². The van der Waals surface area contributed by atoms with E-state index in [1.54, 1.807) is 34.3 Å². The molecule has 0 saturated heterocycles. The molecule has 0 unspecified atom stereocenters. The fraction of sp³-hybridized carbons (Fsp3) is 0.105. The Balaban J connectivity index is 1.39. The van der Waals surface area contributed by atoms with E-state index in [0.717, 1.165) is 16.4 Å². The summed E-state index contributed by atoms with van der Waals surface area (Å²) in [5.74, 6) is 1.24. The summed E-state index contributed by atoms with van der Waals surface area (Å²) in [6, 6.07) is 12.8. The number of carbonyl (C=O) groups is 1. The van der Waals surface area contributed by atoms with Gasteiger partial charge in [0.2, 0.25) is 0 Å². The average Bonchev–Trinajstić information content (AvgIpc) is 3.41. The summed E-state index contributed by atoms with van der Waals surface area (Å²) in [5.41, 5.74) is 2.31. The van der Waals surface area contributed by atoms with Crippen molar-refractivity contribution in [2.75, 3.05) is 0 Å². The highest BCUT2D eigenvalue weighted by Gasteiger charge is 2.10. The van der Waals surface area contributed by atoms with E-state index < -0.39 is 0 Å². The number of carbonyl (C=O) groups excluding carboxylic acids is 1. The molecule has 0 atom stereocenters. The number of nitrogens with one attached hydrogen (secondary N) is 1. The van der Waals surface area contributed by atoms with Crippen LogP contribution in [0.2, 0.25) is 0 Å². The summed E-state index contributed by atoms with van der Waals surface area (Å²) in [4.78, 5) is 16.7. The van der Waals surface area contributed by atoms with Gasteiger partial charge in [-0.1, -0.05) is 0 Å². The lowest BCUT2D eigenvalue weighted by Crippen LogP contribution is -2.22. The van der Waals surface area contributed by atoms with E-state index in [0.29, 0.717) is 23.6 Å². The van der Waals surface area contributed by atoms with Crippen LogP contribution in [0.3, 0.4) is 0 Å². The molecule has 1 aromatic carbocycles. The third kappa shape index (κ3) is 3.43. The molecule has 0 spiro atoms. The number of benzene rings is 1. The van der Waals surface area contributed by atoms with Gasteiger partial charge in [0.25, 0.3) is 5.91 Å². The van der Waals surface area contributed by atoms with Crippen molar-refractivity contribution in [3.63, 3.8) is 0 Å². The summed E-state index contributed by atoms with van der Waals surface area (Å²) in [7, 11) is 0. The quantitative estimate of drug-likeness (QED) is 0.584. The van der Waals surface area contributed by atoms with Gasteiger partial charge in [-0.15, -0.1) is 11.3 Å². The van der Waals surface area contributed by atoms with Crippen LogP contribution in [0.1, 0.15) is 21.1 Å². The lowest BCUT2D eigenvalue weighted by atomic mass is 10.2. The number of thiazole rings is 1. The van der Waals surface area contributed by atoms with Crippen molar-refractivity contribution in [1.29, 1.82) is 0 Å². The minimum absolute atomic E-state index is 0.153. The third-order valence-corrected chi connectivity index (χ3v) is 4.63. The zero-order chi connectivity index (χ0) is 17.9. The second kappa shape index (κ2) is 6.97. The molecule has 0 fully saturated rings. The maximum absolute atomic E-state index is 12.3. The smallest absolute Gasteiger partial charge is 0.251 e. The largest absolute Gasteiger partial charge is 0.458 e. The normalized spacial score (nSPS) is 10.8. The monoisotopic (exact) mass is 364 g/mol. The molecule has 4 rings (SSSR count). The standard InChI is InChI=1S/C19H16N4O2S/c1-13-22-17(12-26-13)18-8-7-16(25-18)11-20-19(24)14-3-5-15(6-4-14)23-10-2-9-21-23/h2-10,12H,11H2,1H3,(H,20,24). The number of aryl methyl sites for hydroxylation is 1.